The smallest absolute Gasteiger partial charge is 0.223 e. The van der Waals surface area contributed by atoms with Crippen molar-refractivity contribution in [3.8, 4) is 0 Å². The van der Waals surface area contributed by atoms with E-state index in [0.717, 1.165) is 18.7 Å². The lowest BCUT2D eigenvalue weighted by atomic mass is 10.1. The van der Waals surface area contributed by atoms with Gasteiger partial charge in [0.1, 0.15) is 0 Å². The van der Waals surface area contributed by atoms with Gasteiger partial charge in [0.2, 0.25) is 5.91 Å². The first-order valence-electron chi connectivity index (χ1n) is 7.45. The minimum Gasteiger partial charge on any atom is -0.372 e. The predicted octanol–water partition coefficient (Wildman–Crippen LogP) is 1.78. The Hall–Kier alpha value is -1.36. The van der Waals surface area contributed by atoms with Crippen molar-refractivity contribution >= 4 is 5.91 Å². The first kappa shape index (κ1) is 15.0. The van der Waals surface area contributed by atoms with Gasteiger partial charge in [0.25, 0.3) is 0 Å². The van der Waals surface area contributed by atoms with Gasteiger partial charge in [0.05, 0.1) is 17.9 Å². The molecule has 2 rings (SSSR count). The summed E-state index contributed by atoms with van der Waals surface area (Å²) < 4.78 is 7.58. The van der Waals surface area contributed by atoms with Gasteiger partial charge in [0.15, 0.2) is 0 Å². The summed E-state index contributed by atoms with van der Waals surface area (Å²) in [4.78, 5) is 14.2. The zero-order chi connectivity index (χ0) is 14.7. The first-order chi connectivity index (χ1) is 9.49. The Kier molecular flexibility index (Phi) is 4.81. The summed E-state index contributed by atoms with van der Waals surface area (Å²) >= 11 is 0. The van der Waals surface area contributed by atoms with E-state index in [1.165, 1.54) is 5.56 Å². The van der Waals surface area contributed by atoms with E-state index in [-0.39, 0.29) is 18.1 Å². The van der Waals surface area contributed by atoms with E-state index in [0.29, 0.717) is 19.5 Å². The minimum atomic E-state index is 0.132. The molecule has 1 amide bonds. The fraction of sp³-hybridized carbons (Fsp3) is 0.733. The van der Waals surface area contributed by atoms with Crippen molar-refractivity contribution in [1.29, 1.82) is 0 Å². The maximum Gasteiger partial charge on any atom is 0.223 e. The van der Waals surface area contributed by atoms with Crippen LogP contribution in [0.3, 0.4) is 0 Å². The van der Waals surface area contributed by atoms with Crippen LogP contribution in [0.4, 0.5) is 0 Å². The number of aromatic nitrogens is 2. The molecule has 2 atom stereocenters. The first-order valence-corrected chi connectivity index (χ1v) is 7.45. The van der Waals surface area contributed by atoms with Crippen LogP contribution in [0.2, 0.25) is 0 Å². The molecular weight excluding hydrogens is 254 g/mol. The number of hydrogen-bond acceptors (Lipinski definition) is 3. The van der Waals surface area contributed by atoms with Crippen LogP contribution in [-0.2, 0) is 22.5 Å². The van der Waals surface area contributed by atoms with Gasteiger partial charge in [0, 0.05) is 32.3 Å². The molecule has 1 aromatic heterocycles. The van der Waals surface area contributed by atoms with Gasteiger partial charge < -0.3 is 9.64 Å². The molecule has 2 unspecified atom stereocenters. The molecule has 5 nitrogen and oxygen atoms in total. The van der Waals surface area contributed by atoms with Crippen molar-refractivity contribution in [3.63, 3.8) is 0 Å². The Morgan fingerprint density at radius 3 is 2.60 bits per heavy atom. The van der Waals surface area contributed by atoms with Crippen molar-refractivity contribution in [2.45, 2.75) is 59.3 Å². The van der Waals surface area contributed by atoms with Crippen molar-refractivity contribution < 1.29 is 9.53 Å². The van der Waals surface area contributed by atoms with Gasteiger partial charge in [-0.15, -0.1) is 0 Å². The Morgan fingerprint density at radius 2 is 2.05 bits per heavy atom. The van der Waals surface area contributed by atoms with Crippen molar-refractivity contribution in [3.05, 3.63) is 17.5 Å². The lowest BCUT2D eigenvalue weighted by Crippen LogP contribution is -2.48. The second kappa shape index (κ2) is 6.39. The number of rotatable bonds is 4. The van der Waals surface area contributed by atoms with E-state index >= 15 is 0 Å². The summed E-state index contributed by atoms with van der Waals surface area (Å²) in [6.07, 6.45) is 3.63. The topological polar surface area (TPSA) is 47.4 Å². The molecule has 0 aromatic carbocycles. The number of amides is 1. The van der Waals surface area contributed by atoms with Crippen molar-refractivity contribution in [2.24, 2.45) is 0 Å². The zero-order valence-electron chi connectivity index (χ0n) is 12.9. The number of nitrogens with zero attached hydrogens (tertiary/aromatic N) is 3. The van der Waals surface area contributed by atoms with Crippen LogP contribution < -0.4 is 0 Å². The highest BCUT2D eigenvalue weighted by molar-refractivity contribution is 5.76. The molecule has 112 valence electrons. The Labute approximate surface area is 120 Å². The Morgan fingerprint density at radius 1 is 1.40 bits per heavy atom. The number of ether oxygens (including phenoxy) is 1. The third kappa shape index (κ3) is 3.60. The SMILES string of the molecule is CCn1cc(CCC(=O)N2CC(C)OC(C)C2)c(C)n1. The molecule has 1 aliphatic heterocycles. The predicted molar refractivity (Wildman–Crippen MR) is 77.5 cm³/mol. The summed E-state index contributed by atoms with van der Waals surface area (Å²) in [6, 6.07) is 0. The number of morpholine rings is 1. The summed E-state index contributed by atoms with van der Waals surface area (Å²) in [6.45, 7) is 10.4. The minimum absolute atomic E-state index is 0.132. The van der Waals surface area contributed by atoms with Gasteiger partial charge in [-0.3, -0.25) is 9.48 Å². The zero-order valence-corrected chi connectivity index (χ0v) is 12.9. The van der Waals surface area contributed by atoms with Gasteiger partial charge in [-0.1, -0.05) is 0 Å². The molecule has 1 saturated heterocycles. The molecule has 0 N–H and O–H groups in total. The van der Waals surface area contributed by atoms with Crippen LogP contribution >= 0.6 is 0 Å². The molecule has 5 heteroatoms. The van der Waals surface area contributed by atoms with Gasteiger partial charge in [-0.25, -0.2) is 0 Å². The van der Waals surface area contributed by atoms with Gasteiger partial charge in [-0.05, 0) is 39.7 Å². The fourth-order valence-corrected chi connectivity index (χ4v) is 2.75. The highest BCUT2D eigenvalue weighted by Crippen LogP contribution is 2.14. The molecule has 0 aliphatic carbocycles. The average molecular weight is 279 g/mol. The largest absolute Gasteiger partial charge is 0.372 e. The van der Waals surface area contributed by atoms with E-state index in [4.69, 9.17) is 4.74 Å². The third-order valence-corrected chi connectivity index (χ3v) is 3.75. The quantitative estimate of drug-likeness (QED) is 0.844. The van der Waals surface area contributed by atoms with Crippen LogP contribution in [0.15, 0.2) is 6.20 Å². The molecular formula is C15H25N3O2. The van der Waals surface area contributed by atoms with Gasteiger partial charge >= 0.3 is 0 Å². The number of carbonyl (C=O) groups is 1. The number of hydrogen-bond donors (Lipinski definition) is 0. The normalized spacial score (nSPS) is 23.1. The van der Waals surface area contributed by atoms with E-state index in [9.17, 15) is 4.79 Å². The molecule has 0 bridgehead atoms. The van der Waals surface area contributed by atoms with Crippen LogP contribution in [0.5, 0.6) is 0 Å². The fourth-order valence-electron chi connectivity index (χ4n) is 2.75. The molecule has 0 radical (unpaired) electrons. The molecule has 1 aliphatic rings. The Bertz CT molecular complexity index is 460. The van der Waals surface area contributed by atoms with E-state index in [1.807, 2.05) is 36.5 Å². The standard InChI is InChI=1S/C15H25N3O2/c1-5-18-10-14(13(4)16-18)6-7-15(19)17-8-11(2)20-12(3)9-17/h10-12H,5-9H2,1-4H3. The number of aryl methyl sites for hydroxylation is 3. The monoisotopic (exact) mass is 279 g/mol. The maximum absolute atomic E-state index is 12.3. The van der Waals surface area contributed by atoms with Crippen LogP contribution in [0, 0.1) is 6.92 Å². The summed E-state index contributed by atoms with van der Waals surface area (Å²) in [5.41, 5.74) is 2.21. The van der Waals surface area contributed by atoms with Crippen LogP contribution in [0.1, 0.15) is 38.4 Å². The molecule has 0 spiro atoms. The van der Waals surface area contributed by atoms with Gasteiger partial charge in [-0.2, -0.15) is 5.10 Å². The summed E-state index contributed by atoms with van der Waals surface area (Å²) in [5.74, 6) is 0.218. The third-order valence-electron chi connectivity index (χ3n) is 3.75. The molecule has 20 heavy (non-hydrogen) atoms. The van der Waals surface area contributed by atoms with Crippen molar-refractivity contribution in [2.75, 3.05) is 13.1 Å². The molecule has 1 fully saturated rings. The van der Waals surface area contributed by atoms with E-state index in [1.54, 1.807) is 0 Å². The number of carbonyl (C=O) groups excluding carboxylic acids is 1. The van der Waals surface area contributed by atoms with Crippen molar-refractivity contribution in [1.82, 2.24) is 14.7 Å². The molecule has 0 saturated carbocycles. The van der Waals surface area contributed by atoms with E-state index in [2.05, 4.69) is 12.0 Å². The average Bonchev–Trinajstić information content (AvgIpc) is 2.75. The van der Waals surface area contributed by atoms with E-state index < -0.39 is 0 Å². The van der Waals surface area contributed by atoms with Crippen LogP contribution in [0.25, 0.3) is 0 Å². The lowest BCUT2D eigenvalue weighted by Gasteiger charge is -2.35. The maximum atomic E-state index is 12.3. The summed E-state index contributed by atoms with van der Waals surface area (Å²) in [7, 11) is 0. The molecule has 2 heterocycles. The van der Waals surface area contributed by atoms with Crippen LogP contribution in [-0.4, -0.2) is 45.9 Å². The highest BCUT2D eigenvalue weighted by atomic mass is 16.5. The second-order valence-electron chi connectivity index (χ2n) is 5.65. The second-order valence-corrected chi connectivity index (χ2v) is 5.65. The highest BCUT2D eigenvalue weighted by Gasteiger charge is 2.25. The Balaban J connectivity index is 1.89. The summed E-state index contributed by atoms with van der Waals surface area (Å²) in [5, 5.41) is 4.42. The molecule has 1 aromatic rings. The lowest BCUT2D eigenvalue weighted by molar-refractivity contribution is -0.143.